The zero-order valence-corrected chi connectivity index (χ0v) is 25.1. The van der Waals surface area contributed by atoms with Gasteiger partial charge in [0.05, 0.1) is 5.41 Å². The molecule has 0 unspecified atom stereocenters. The molecule has 0 saturated carbocycles. The number of fused-ring (bicyclic) bond motifs is 2. The molecule has 0 atom stereocenters. The fraction of sp³-hybridized carbons (Fsp3) is 0.371. The summed E-state index contributed by atoms with van der Waals surface area (Å²) >= 11 is 0. The van der Waals surface area contributed by atoms with Gasteiger partial charge in [0.1, 0.15) is 7.05 Å². The van der Waals surface area contributed by atoms with Crippen molar-refractivity contribution in [2.24, 2.45) is 0 Å². The summed E-state index contributed by atoms with van der Waals surface area (Å²) in [4.78, 5) is 15.3. The second kappa shape index (κ2) is 11.8. The van der Waals surface area contributed by atoms with Gasteiger partial charge in [-0.25, -0.2) is 0 Å². The SMILES string of the molecule is CN(CCCC(=O)O)Cc1ccc2c(c1)C(C)(C)C(=CC=CC=CC=CC1=[N+](C)c3ccccc3C1(C)C)N2C. The Morgan fingerprint density at radius 3 is 2.40 bits per heavy atom. The molecule has 40 heavy (non-hydrogen) atoms. The molecule has 5 nitrogen and oxygen atoms in total. The van der Waals surface area contributed by atoms with Crippen molar-refractivity contribution >= 4 is 23.1 Å². The Hall–Kier alpha value is -3.70. The van der Waals surface area contributed by atoms with Crippen LogP contribution in [0.5, 0.6) is 0 Å². The first kappa shape index (κ1) is 29.3. The minimum atomic E-state index is -0.734. The first-order valence-corrected chi connectivity index (χ1v) is 14.1. The molecule has 1 N–H and O–H groups in total. The minimum Gasteiger partial charge on any atom is -0.481 e. The first-order chi connectivity index (χ1) is 18.9. The average Bonchev–Trinajstić information content (AvgIpc) is 3.21. The van der Waals surface area contributed by atoms with E-state index in [1.807, 2.05) is 0 Å². The van der Waals surface area contributed by atoms with Gasteiger partial charge in [0.15, 0.2) is 5.71 Å². The zero-order valence-electron chi connectivity index (χ0n) is 25.1. The van der Waals surface area contributed by atoms with E-state index in [2.05, 4.69) is 148 Å². The van der Waals surface area contributed by atoms with Crippen LogP contribution in [0.4, 0.5) is 11.4 Å². The highest BCUT2D eigenvalue weighted by Crippen LogP contribution is 2.47. The molecule has 4 rings (SSSR count). The molecule has 0 fully saturated rings. The van der Waals surface area contributed by atoms with Crippen LogP contribution in [0.3, 0.4) is 0 Å². The average molecular weight is 539 g/mol. The summed E-state index contributed by atoms with van der Waals surface area (Å²) in [6.07, 6.45) is 15.8. The maximum absolute atomic E-state index is 10.8. The van der Waals surface area contributed by atoms with Gasteiger partial charge in [-0.3, -0.25) is 4.79 Å². The van der Waals surface area contributed by atoms with E-state index in [0.717, 1.165) is 13.1 Å². The van der Waals surface area contributed by atoms with Crippen molar-refractivity contribution in [1.29, 1.82) is 0 Å². The number of rotatable bonds is 10. The van der Waals surface area contributed by atoms with Crippen molar-refractivity contribution in [3.63, 3.8) is 0 Å². The number of hydrogen-bond acceptors (Lipinski definition) is 3. The van der Waals surface area contributed by atoms with Crippen LogP contribution < -0.4 is 4.90 Å². The third kappa shape index (κ3) is 5.90. The molecule has 0 bridgehead atoms. The molecule has 2 aliphatic heterocycles. The van der Waals surface area contributed by atoms with Crippen LogP contribution in [0.15, 0.2) is 90.7 Å². The minimum absolute atomic E-state index is 0.0147. The lowest BCUT2D eigenvalue weighted by Crippen LogP contribution is -2.26. The van der Waals surface area contributed by atoms with Gasteiger partial charge in [-0.2, -0.15) is 4.58 Å². The van der Waals surface area contributed by atoms with E-state index < -0.39 is 5.97 Å². The molecule has 2 aromatic rings. The number of carboxylic acids is 1. The number of carbonyl (C=O) groups is 1. The lowest BCUT2D eigenvalue weighted by molar-refractivity contribution is -0.401. The molecule has 5 heteroatoms. The molecule has 0 saturated heterocycles. The topological polar surface area (TPSA) is 46.8 Å². The van der Waals surface area contributed by atoms with Crippen molar-refractivity contribution in [3.05, 3.63) is 107 Å². The Morgan fingerprint density at radius 2 is 1.68 bits per heavy atom. The number of nitrogens with zero attached hydrogens (tertiary/aromatic N) is 3. The predicted molar refractivity (Wildman–Crippen MR) is 167 cm³/mol. The van der Waals surface area contributed by atoms with Crippen molar-refractivity contribution in [2.75, 3.05) is 32.6 Å². The van der Waals surface area contributed by atoms with Crippen molar-refractivity contribution < 1.29 is 14.5 Å². The lowest BCUT2D eigenvalue weighted by atomic mass is 9.81. The number of benzene rings is 2. The van der Waals surface area contributed by atoms with Gasteiger partial charge in [0, 0.05) is 54.5 Å². The molecule has 0 radical (unpaired) electrons. The monoisotopic (exact) mass is 538 g/mol. The van der Waals surface area contributed by atoms with Crippen LogP contribution in [0.25, 0.3) is 0 Å². The van der Waals surface area contributed by atoms with E-state index >= 15 is 0 Å². The van der Waals surface area contributed by atoms with Crippen LogP contribution in [0, 0.1) is 0 Å². The summed E-state index contributed by atoms with van der Waals surface area (Å²) in [5.41, 5.74) is 8.89. The molecule has 2 aliphatic rings. The second-order valence-corrected chi connectivity index (χ2v) is 12.0. The fourth-order valence-electron chi connectivity index (χ4n) is 6.16. The smallest absolute Gasteiger partial charge is 0.303 e. The normalized spacial score (nSPS) is 18.7. The Morgan fingerprint density at radius 1 is 0.975 bits per heavy atom. The lowest BCUT2D eigenvalue weighted by Gasteiger charge is -2.24. The molecule has 0 spiro atoms. The highest BCUT2D eigenvalue weighted by molar-refractivity contribution is 6.03. The van der Waals surface area contributed by atoms with Gasteiger partial charge in [-0.15, -0.1) is 0 Å². The molecule has 2 heterocycles. The maximum Gasteiger partial charge on any atom is 0.303 e. The maximum atomic E-state index is 10.8. The number of anilines is 1. The van der Waals surface area contributed by atoms with E-state index in [-0.39, 0.29) is 17.3 Å². The van der Waals surface area contributed by atoms with Crippen molar-refractivity contribution in [3.8, 4) is 0 Å². The summed E-state index contributed by atoms with van der Waals surface area (Å²) < 4.78 is 2.29. The van der Waals surface area contributed by atoms with Crippen LogP contribution in [0.2, 0.25) is 0 Å². The predicted octanol–water partition coefficient (Wildman–Crippen LogP) is 6.97. The summed E-state index contributed by atoms with van der Waals surface area (Å²) in [7, 11) is 6.33. The third-order valence-corrected chi connectivity index (χ3v) is 8.37. The summed E-state index contributed by atoms with van der Waals surface area (Å²) in [5, 5.41) is 8.90. The van der Waals surface area contributed by atoms with Gasteiger partial charge in [0.2, 0.25) is 5.69 Å². The van der Waals surface area contributed by atoms with Crippen LogP contribution in [-0.2, 0) is 22.2 Å². The Balaban J connectivity index is 1.40. The Bertz CT molecular complexity index is 1420. The van der Waals surface area contributed by atoms with E-state index in [9.17, 15) is 4.79 Å². The molecule has 0 amide bonds. The number of allylic oxidation sites excluding steroid dienone is 8. The molecule has 2 aromatic carbocycles. The first-order valence-electron chi connectivity index (χ1n) is 14.1. The number of likely N-dealkylation sites (N-methyl/N-ethyl adjacent to an activating group) is 1. The quantitative estimate of drug-likeness (QED) is 0.262. The molecule has 0 aromatic heterocycles. The van der Waals surface area contributed by atoms with Crippen LogP contribution in [-0.4, -0.2) is 54.0 Å². The van der Waals surface area contributed by atoms with E-state index in [4.69, 9.17) is 5.11 Å². The van der Waals surface area contributed by atoms with Gasteiger partial charge in [0.25, 0.3) is 0 Å². The van der Waals surface area contributed by atoms with Gasteiger partial charge in [-0.05, 0) is 57.1 Å². The summed E-state index contributed by atoms with van der Waals surface area (Å²) in [6.45, 7) is 10.7. The molecular formula is C35H44N3O2+. The van der Waals surface area contributed by atoms with Gasteiger partial charge < -0.3 is 14.9 Å². The van der Waals surface area contributed by atoms with Crippen LogP contribution in [0.1, 0.15) is 57.2 Å². The number of para-hydroxylation sites is 1. The molecule has 0 aliphatic carbocycles. The Kier molecular flexibility index (Phi) is 8.65. The highest BCUT2D eigenvalue weighted by atomic mass is 16.4. The number of hydrogen-bond donors (Lipinski definition) is 1. The van der Waals surface area contributed by atoms with Gasteiger partial charge in [-0.1, -0.05) is 74.6 Å². The number of carboxylic acid groups (broad SMARTS) is 1. The second-order valence-electron chi connectivity index (χ2n) is 12.0. The van der Waals surface area contributed by atoms with Crippen molar-refractivity contribution in [1.82, 2.24) is 4.90 Å². The summed E-state index contributed by atoms with van der Waals surface area (Å²) in [5.74, 6) is -0.734. The van der Waals surface area contributed by atoms with Crippen molar-refractivity contribution in [2.45, 2.75) is 57.9 Å². The Labute approximate surface area is 240 Å². The van der Waals surface area contributed by atoms with E-state index in [0.29, 0.717) is 6.42 Å². The molecule has 210 valence electrons. The summed E-state index contributed by atoms with van der Waals surface area (Å²) in [6, 6.07) is 15.3. The standard InChI is InChI=1S/C35H43N3O2/c1-34(2)27-16-13-14-17-29(27)37(6)31(34)18-11-9-8-10-12-19-32-35(3,4)28-24-26(21-22-30(28)38(32)7)25-36(5)23-15-20-33(39)40/h8-14,16-19,21-22,24H,15,20,23,25H2,1-7H3/p+1. The van der Waals surface area contributed by atoms with Gasteiger partial charge >= 0.3 is 5.97 Å². The number of aliphatic carboxylic acids is 1. The molecular weight excluding hydrogens is 494 g/mol. The largest absolute Gasteiger partial charge is 0.481 e. The highest BCUT2D eigenvalue weighted by Gasteiger charge is 2.42. The van der Waals surface area contributed by atoms with E-state index in [1.165, 1.54) is 39.5 Å². The zero-order chi connectivity index (χ0) is 29.1. The van der Waals surface area contributed by atoms with Crippen LogP contribution >= 0.6 is 0 Å². The van der Waals surface area contributed by atoms with E-state index in [1.54, 1.807) is 0 Å². The fourth-order valence-corrected chi connectivity index (χ4v) is 6.16. The third-order valence-electron chi connectivity index (χ3n) is 8.37.